The topological polar surface area (TPSA) is 90.7 Å². The number of aliphatic hydroxyl groups is 2. The number of aromatic nitrogens is 1. The van der Waals surface area contributed by atoms with Crippen LogP contribution in [0.2, 0.25) is 0 Å². The van der Waals surface area contributed by atoms with Gasteiger partial charge in [0.2, 0.25) is 0 Å². The van der Waals surface area contributed by atoms with Crippen LogP contribution in [-0.4, -0.2) is 44.4 Å². The number of hydrogen-bond donors (Lipinski definition) is 2. The second kappa shape index (κ2) is 6.86. The molecule has 2 aromatic rings. The van der Waals surface area contributed by atoms with Crippen molar-refractivity contribution < 1.29 is 19.8 Å². The molecule has 6 nitrogen and oxygen atoms in total. The maximum absolute atomic E-state index is 12.6. The van der Waals surface area contributed by atoms with Gasteiger partial charge in [-0.15, -0.1) is 0 Å². The predicted octanol–water partition coefficient (Wildman–Crippen LogP) is 1.88. The number of benzene rings is 1. The van der Waals surface area contributed by atoms with E-state index >= 15 is 0 Å². The van der Waals surface area contributed by atoms with Crippen LogP contribution in [0.4, 0.5) is 0 Å². The molecule has 2 N–H and O–H groups in total. The summed E-state index contributed by atoms with van der Waals surface area (Å²) in [4.78, 5) is 30.4. The molecular weight excluding hydrogens is 320 g/mol. The minimum atomic E-state index is -0.811. The Bertz CT molecular complexity index is 816. The fraction of sp³-hybridized carbons (Fsp3) is 0.211. The molecule has 1 aliphatic rings. The van der Waals surface area contributed by atoms with Gasteiger partial charge in [0.1, 0.15) is 5.76 Å². The molecule has 1 aromatic carbocycles. The van der Waals surface area contributed by atoms with E-state index in [2.05, 4.69) is 4.98 Å². The average Bonchev–Trinajstić information content (AvgIpc) is 2.87. The second-order valence-electron chi connectivity index (χ2n) is 5.95. The van der Waals surface area contributed by atoms with Crippen LogP contribution in [-0.2, 0) is 9.59 Å². The molecule has 0 unspecified atom stereocenters. The van der Waals surface area contributed by atoms with Crippen molar-refractivity contribution in [1.82, 2.24) is 9.88 Å². The van der Waals surface area contributed by atoms with Crippen LogP contribution in [0.25, 0.3) is 5.76 Å². The molecule has 0 bridgehead atoms. The quantitative estimate of drug-likeness (QED) is 0.505. The Morgan fingerprint density at radius 1 is 1.20 bits per heavy atom. The molecule has 0 aliphatic carbocycles. The van der Waals surface area contributed by atoms with Crippen LogP contribution in [0.3, 0.4) is 0 Å². The summed E-state index contributed by atoms with van der Waals surface area (Å²) in [5, 5.41) is 20.4. The molecule has 6 heteroatoms. The zero-order valence-electron chi connectivity index (χ0n) is 13.7. The van der Waals surface area contributed by atoms with Gasteiger partial charge in [-0.1, -0.05) is 36.4 Å². The molecule has 1 aliphatic heterocycles. The minimum absolute atomic E-state index is 0.00449. The molecule has 0 radical (unpaired) electrons. The summed E-state index contributed by atoms with van der Waals surface area (Å²) in [7, 11) is 0. The monoisotopic (exact) mass is 338 g/mol. The number of amides is 1. The molecule has 0 spiro atoms. The number of nitrogens with zero attached hydrogens (tertiary/aromatic N) is 2. The van der Waals surface area contributed by atoms with Crippen molar-refractivity contribution in [1.29, 1.82) is 0 Å². The number of pyridine rings is 1. The van der Waals surface area contributed by atoms with Crippen molar-refractivity contribution in [3.63, 3.8) is 0 Å². The molecule has 1 aromatic heterocycles. The Labute approximate surface area is 145 Å². The number of Topliss-reactive ketones (excluding diaryl/α,β-unsaturated/α-hetero) is 1. The molecular formula is C19H18N2O4. The first-order chi connectivity index (χ1) is 12.0. The fourth-order valence-corrected chi connectivity index (χ4v) is 2.99. The van der Waals surface area contributed by atoms with Gasteiger partial charge in [0.15, 0.2) is 0 Å². The van der Waals surface area contributed by atoms with Crippen LogP contribution >= 0.6 is 0 Å². The van der Waals surface area contributed by atoms with Crippen LogP contribution in [0.1, 0.15) is 24.1 Å². The summed E-state index contributed by atoms with van der Waals surface area (Å²) < 4.78 is 0. The zero-order valence-corrected chi connectivity index (χ0v) is 13.7. The Kier molecular flexibility index (Phi) is 4.63. The smallest absolute Gasteiger partial charge is 0.295 e. The van der Waals surface area contributed by atoms with E-state index in [1.165, 1.54) is 11.8 Å². The number of β-amino-alcohol motifs (C(OH)–C–C–N with tert-alkyl or cyclic N) is 1. The number of rotatable bonds is 4. The molecule has 25 heavy (non-hydrogen) atoms. The highest BCUT2D eigenvalue weighted by atomic mass is 16.3. The third-order valence-electron chi connectivity index (χ3n) is 4.05. The molecule has 1 saturated heterocycles. The highest BCUT2D eigenvalue weighted by Gasteiger charge is 2.46. The molecule has 128 valence electrons. The van der Waals surface area contributed by atoms with E-state index in [0.717, 1.165) is 0 Å². The van der Waals surface area contributed by atoms with Gasteiger partial charge in [0.05, 0.1) is 17.7 Å². The van der Waals surface area contributed by atoms with Gasteiger partial charge in [-0.3, -0.25) is 14.6 Å². The maximum Gasteiger partial charge on any atom is 0.295 e. The summed E-state index contributed by atoms with van der Waals surface area (Å²) in [5.41, 5.74) is 1.05. The molecule has 3 rings (SSSR count). The van der Waals surface area contributed by atoms with E-state index in [9.17, 15) is 19.8 Å². The summed E-state index contributed by atoms with van der Waals surface area (Å²) in [6.07, 6.45) is 2.32. The number of hydrogen-bond acceptors (Lipinski definition) is 5. The summed E-state index contributed by atoms with van der Waals surface area (Å²) in [6, 6.07) is 11.2. The van der Waals surface area contributed by atoms with E-state index in [4.69, 9.17) is 0 Å². The predicted molar refractivity (Wildman–Crippen MR) is 91.4 cm³/mol. The summed E-state index contributed by atoms with van der Waals surface area (Å²) in [6.45, 7) is 1.52. The Hall–Kier alpha value is -2.99. The Balaban J connectivity index is 2.18. The third kappa shape index (κ3) is 3.16. The van der Waals surface area contributed by atoms with E-state index in [1.807, 2.05) is 0 Å². The van der Waals surface area contributed by atoms with Gasteiger partial charge < -0.3 is 15.1 Å². The molecule has 1 fully saturated rings. The lowest BCUT2D eigenvalue weighted by Gasteiger charge is -2.26. The fourth-order valence-electron chi connectivity index (χ4n) is 2.99. The van der Waals surface area contributed by atoms with Crippen molar-refractivity contribution in [3.8, 4) is 0 Å². The number of carbonyl (C=O) groups excluding carboxylic acids is 2. The van der Waals surface area contributed by atoms with Gasteiger partial charge in [0.25, 0.3) is 11.7 Å². The van der Waals surface area contributed by atoms with E-state index in [-0.39, 0.29) is 17.9 Å². The number of aliphatic hydroxyl groups excluding tert-OH is 2. The Morgan fingerprint density at radius 2 is 1.92 bits per heavy atom. The normalized spacial score (nSPS) is 20.7. The lowest BCUT2D eigenvalue weighted by atomic mass is 9.96. The molecule has 0 saturated carbocycles. The highest BCUT2D eigenvalue weighted by Crippen LogP contribution is 2.38. The number of likely N-dealkylation sites (tertiary alicyclic amines) is 1. The zero-order chi connectivity index (χ0) is 18.0. The first-order valence-electron chi connectivity index (χ1n) is 7.92. The summed E-state index contributed by atoms with van der Waals surface area (Å²) >= 11 is 0. The molecule has 2 atom stereocenters. The van der Waals surface area contributed by atoms with Gasteiger partial charge in [-0.05, 0) is 18.6 Å². The van der Waals surface area contributed by atoms with Gasteiger partial charge in [-0.25, -0.2) is 0 Å². The van der Waals surface area contributed by atoms with Crippen molar-refractivity contribution in [2.45, 2.75) is 19.1 Å². The first-order valence-corrected chi connectivity index (χ1v) is 7.92. The highest BCUT2D eigenvalue weighted by molar-refractivity contribution is 6.46. The van der Waals surface area contributed by atoms with Gasteiger partial charge in [0, 0.05) is 24.5 Å². The lowest BCUT2D eigenvalue weighted by Crippen LogP contribution is -2.35. The van der Waals surface area contributed by atoms with Crippen LogP contribution in [0, 0.1) is 0 Å². The first kappa shape index (κ1) is 16.9. The van der Waals surface area contributed by atoms with E-state index < -0.39 is 23.8 Å². The minimum Gasteiger partial charge on any atom is -0.507 e. The van der Waals surface area contributed by atoms with E-state index in [0.29, 0.717) is 11.1 Å². The van der Waals surface area contributed by atoms with Gasteiger partial charge >= 0.3 is 0 Å². The average molecular weight is 338 g/mol. The van der Waals surface area contributed by atoms with Crippen molar-refractivity contribution >= 4 is 17.4 Å². The van der Waals surface area contributed by atoms with Crippen LogP contribution in [0.15, 0.2) is 60.4 Å². The SMILES string of the molecule is C[C@H](O)CN1C(=O)C(=O)C(=C(O)c2ccccc2)[C@H]1c1cccnc1. The summed E-state index contributed by atoms with van der Waals surface area (Å²) in [5.74, 6) is -1.75. The Morgan fingerprint density at radius 3 is 2.52 bits per heavy atom. The van der Waals surface area contributed by atoms with Crippen LogP contribution < -0.4 is 0 Å². The second-order valence-corrected chi connectivity index (χ2v) is 5.95. The van der Waals surface area contributed by atoms with E-state index in [1.54, 1.807) is 54.9 Å². The van der Waals surface area contributed by atoms with Crippen LogP contribution in [0.5, 0.6) is 0 Å². The number of carbonyl (C=O) groups is 2. The number of ketones is 1. The largest absolute Gasteiger partial charge is 0.507 e. The third-order valence-corrected chi connectivity index (χ3v) is 4.05. The van der Waals surface area contributed by atoms with Crippen molar-refractivity contribution in [2.24, 2.45) is 0 Å². The lowest BCUT2D eigenvalue weighted by molar-refractivity contribution is -0.140. The maximum atomic E-state index is 12.6. The van der Waals surface area contributed by atoms with Crippen molar-refractivity contribution in [2.75, 3.05) is 6.54 Å². The molecule has 2 heterocycles. The van der Waals surface area contributed by atoms with Gasteiger partial charge in [-0.2, -0.15) is 0 Å². The standard InChI is InChI=1S/C19H18N2O4/c1-12(22)11-21-16(14-8-5-9-20-10-14)15(18(24)19(21)25)17(23)13-6-3-2-4-7-13/h2-10,12,16,22-23H,11H2,1H3/t12-,16+/m0/s1. The van der Waals surface area contributed by atoms with Crippen molar-refractivity contribution in [3.05, 3.63) is 71.6 Å². The molecule has 1 amide bonds.